The van der Waals surface area contributed by atoms with E-state index in [0.29, 0.717) is 22.9 Å². The number of nitrogens with one attached hydrogen (secondary N) is 1. The number of hydrogen-bond donors (Lipinski definition) is 1. The van der Waals surface area contributed by atoms with E-state index in [2.05, 4.69) is 10.3 Å². The molecule has 0 aliphatic heterocycles. The molecular formula is C19H18N2O4. The number of aryl methyl sites for hydroxylation is 1. The molecule has 2 aromatic carbocycles. The summed E-state index contributed by atoms with van der Waals surface area (Å²) in [5.74, 6) is 1.16. The number of aromatic nitrogens is 1. The Hall–Kier alpha value is -3.28. The Balaban J connectivity index is 1.92. The first kappa shape index (κ1) is 16.6. The van der Waals surface area contributed by atoms with Gasteiger partial charge in [-0.25, -0.2) is 4.98 Å². The molecule has 1 amide bonds. The third-order valence-electron chi connectivity index (χ3n) is 3.72. The molecule has 3 rings (SSSR count). The molecule has 1 heterocycles. The fourth-order valence-electron chi connectivity index (χ4n) is 2.49. The molecule has 0 saturated carbocycles. The number of carbonyl (C=O) groups excluding carboxylic acids is 1. The highest BCUT2D eigenvalue weighted by atomic mass is 16.5. The second-order valence-electron chi connectivity index (χ2n) is 5.42. The van der Waals surface area contributed by atoms with Crippen LogP contribution in [0.4, 0.5) is 5.69 Å². The Labute approximate surface area is 145 Å². The SMILES string of the molecule is COc1ccc(OC)c(NC(=O)c2ncoc2-c2cccc(C)c2)c1. The lowest BCUT2D eigenvalue weighted by atomic mass is 10.1. The summed E-state index contributed by atoms with van der Waals surface area (Å²) in [6, 6.07) is 12.8. The number of anilines is 1. The summed E-state index contributed by atoms with van der Waals surface area (Å²) in [6.07, 6.45) is 1.26. The number of hydrogen-bond acceptors (Lipinski definition) is 5. The van der Waals surface area contributed by atoms with Gasteiger partial charge in [-0.2, -0.15) is 0 Å². The largest absolute Gasteiger partial charge is 0.497 e. The molecule has 1 aromatic heterocycles. The van der Waals surface area contributed by atoms with Crippen LogP contribution in [0, 0.1) is 6.92 Å². The van der Waals surface area contributed by atoms with Gasteiger partial charge >= 0.3 is 0 Å². The van der Waals surface area contributed by atoms with E-state index < -0.39 is 5.91 Å². The van der Waals surface area contributed by atoms with E-state index in [1.165, 1.54) is 13.5 Å². The van der Waals surface area contributed by atoms with Crippen molar-refractivity contribution in [1.29, 1.82) is 0 Å². The van der Waals surface area contributed by atoms with Gasteiger partial charge in [0.15, 0.2) is 17.8 Å². The maximum atomic E-state index is 12.7. The fraction of sp³-hybridized carbons (Fsp3) is 0.158. The lowest BCUT2D eigenvalue weighted by Gasteiger charge is -2.11. The number of nitrogens with zero attached hydrogens (tertiary/aromatic N) is 1. The van der Waals surface area contributed by atoms with Gasteiger partial charge < -0.3 is 19.2 Å². The predicted octanol–water partition coefficient (Wildman–Crippen LogP) is 3.92. The van der Waals surface area contributed by atoms with Gasteiger partial charge in [0, 0.05) is 11.6 Å². The molecule has 6 nitrogen and oxygen atoms in total. The van der Waals surface area contributed by atoms with E-state index >= 15 is 0 Å². The van der Waals surface area contributed by atoms with E-state index in [1.807, 2.05) is 31.2 Å². The summed E-state index contributed by atoms with van der Waals surface area (Å²) in [4.78, 5) is 16.8. The number of amides is 1. The first-order valence-corrected chi connectivity index (χ1v) is 7.66. The minimum absolute atomic E-state index is 0.204. The lowest BCUT2D eigenvalue weighted by molar-refractivity contribution is 0.102. The molecule has 6 heteroatoms. The van der Waals surface area contributed by atoms with Crippen LogP contribution >= 0.6 is 0 Å². The molecule has 0 saturated heterocycles. The smallest absolute Gasteiger partial charge is 0.278 e. The van der Waals surface area contributed by atoms with E-state index in [1.54, 1.807) is 25.3 Å². The lowest BCUT2D eigenvalue weighted by Crippen LogP contribution is -2.14. The van der Waals surface area contributed by atoms with Crippen LogP contribution in [0.2, 0.25) is 0 Å². The number of methoxy groups -OCH3 is 2. The molecule has 128 valence electrons. The number of carbonyl (C=O) groups is 1. The average Bonchev–Trinajstić information content (AvgIpc) is 3.11. The molecule has 0 unspecified atom stereocenters. The van der Waals surface area contributed by atoms with Crippen molar-refractivity contribution in [3.05, 3.63) is 60.1 Å². The molecule has 0 atom stereocenters. The Morgan fingerprint density at radius 3 is 2.68 bits per heavy atom. The van der Waals surface area contributed by atoms with Gasteiger partial charge in [0.2, 0.25) is 0 Å². The van der Waals surface area contributed by atoms with Gasteiger partial charge in [-0.15, -0.1) is 0 Å². The maximum Gasteiger partial charge on any atom is 0.278 e. The molecule has 0 bridgehead atoms. The highest BCUT2D eigenvalue weighted by molar-refractivity contribution is 6.07. The van der Waals surface area contributed by atoms with Crippen molar-refractivity contribution in [2.24, 2.45) is 0 Å². The Morgan fingerprint density at radius 1 is 1.12 bits per heavy atom. The third-order valence-corrected chi connectivity index (χ3v) is 3.72. The topological polar surface area (TPSA) is 73.6 Å². The monoisotopic (exact) mass is 338 g/mol. The number of ether oxygens (including phenoxy) is 2. The zero-order valence-corrected chi connectivity index (χ0v) is 14.2. The van der Waals surface area contributed by atoms with Crippen LogP contribution in [-0.4, -0.2) is 25.1 Å². The van der Waals surface area contributed by atoms with Crippen LogP contribution in [0.15, 0.2) is 53.3 Å². The van der Waals surface area contributed by atoms with Gasteiger partial charge in [-0.05, 0) is 25.1 Å². The van der Waals surface area contributed by atoms with Crippen molar-refractivity contribution in [2.45, 2.75) is 6.92 Å². The normalized spacial score (nSPS) is 10.4. The molecule has 1 N–H and O–H groups in total. The Morgan fingerprint density at radius 2 is 1.96 bits per heavy atom. The van der Waals surface area contributed by atoms with Crippen molar-refractivity contribution in [3.8, 4) is 22.8 Å². The predicted molar refractivity (Wildman–Crippen MR) is 94.2 cm³/mol. The van der Waals surface area contributed by atoms with Crippen LogP contribution in [-0.2, 0) is 0 Å². The van der Waals surface area contributed by atoms with Gasteiger partial charge in [0.25, 0.3) is 5.91 Å². The van der Waals surface area contributed by atoms with Crippen LogP contribution in [0.25, 0.3) is 11.3 Å². The summed E-state index contributed by atoms with van der Waals surface area (Å²) < 4.78 is 15.9. The second-order valence-corrected chi connectivity index (χ2v) is 5.42. The molecule has 3 aromatic rings. The van der Waals surface area contributed by atoms with Crippen molar-refractivity contribution in [3.63, 3.8) is 0 Å². The maximum absolute atomic E-state index is 12.7. The molecule has 25 heavy (non-hydrogen) atoms. The molecule has 0 aliphatic rings. The van der Waals surface area contributed by atoms with Crippen LogP contribution in [0.1, 0.15) is 16.1 Å². The first-order chi connectivity index (χ1) is 12.1. The summed E-state index contributed by atoms with van der Waals surface area (Å²) in [5, 5.41) is 2.80. The van der Waals surface area contributed by atoms with Crippen LogP contribution in [0.3, 0.4) is 0 Å². The molecule has 0 spiro atoms. The standard InChI is InChI=1S/C19H18N2O4/c1-12-5-4-6-13(9-12)18-17(20-11-25-18)19(22)21-15-10-14(23-2)7-8-16(15)24-3/h4-11H,1-3H3,(H,21,22). The third kappa shape index (κ3) is 3.47. The van der Waals surface area contributed by atoms with Crippen molar-refractivity contribution in [2.75, 3.05) is 19.5 Å². The van der Waals surface area contributed by atoms with Crippen molar-refractivity contribution in [1.82, 2.24) is 4.98 Å². The molecule has 0 fully saturated rings. The van der Waals surface area contributed by atoms with Crippen LogP contribution < -0.4 is 14.8 Å². The van der Waals surface area contributed by atoms with Crippen molar-refractivity contribution >= 4 is 11.6 Å². The van der Waals surface area contributed by atoms with Gasteiger partial charge in [0.05, 0.1) is 19.9 Å². The van der Waals surface area contributed by atoms with E-state index in [9.17, 15) is 4.79 Å². The van der Waals surface area contributed by atoms with Crippen LogP contribution in [0.5, 0.6) is 11.5 Å². The minimum atomic E-state index is -0.392. The quantitative estimate of drug-likeness (QED) is 0.763. The van der Waals surface area contributed by atoms with Gasteiger partial charge in [0.1, 0.15) is 11.5 Å². The van der Waals surface area contributed by atoms with Gasteiger partial charge in [-0.1, -0.05) is 23.8 Å². The molecular weight excluding hydrogens is 320 g/mol. The summed E-state index contributed by atoms with van der Waals surface area (Å²) in [5.41, 5.74) is 2.55. The second kappa shape index (κ2) is 7.09. The summed E-state index contributed by atoms with van der Waals surface area (Å²) in [6.45, 7) is 1.97. The summed E-state index contributed by atoms with van der Waals surface area (Å²) in [7, 11) is 3.09. The van der Waals surface area contributed by atoms with E-state index in [4.69, 9.17) is 13.9 Å². The Bertz CT molecular complexity index is 902. The Kier molecular flexibility index (Phi) is 4.70. The number of oxazole rings is 1. The summed E-state index contributed by atoms with van der Waals surface area (Å²) >= 11 is 0. The minimum Gasteiger partial charge on any atom is -0.497 e. The highest BCUT2D eigenvalue weighted by Gasteiger charge is 2.20. The molecule has 0 aliphatic carbocycles. The molecule has 0 radical (unpaired) electrons. The fourth-order valence-corrected chi connectivity index (χ4v) is 2.49. The van der Waals surface area contributed by atoms with Gasteiger partial charge in [-0.3, -0.25) is 4.79 Å². The van der Waals surface area contributed by atoms with E-state index in [0.717, 1.165) is 11.1 Å². The zero-order valence-electron chi connectivity index (χ0n) is 14.2. The van der Waals surface area contributed by atoms with E-state index in [-0.39, 0.29) is 5.69 Å². The zero-order chi connectivity index (χ0) is 17.8. The highest BCUT2D eigenvalue weighted by Crippen LogP contribution is 2.30. The van der Waals surface area contributed by atoms with Crippen molar-refractivity contribution < 1.29 is 18.7 Å². The average molecular weight is 338 g/mol. The number of benzene rings is 2. The number of rotatable bonds is 5. The first-order valence-electron chi connectivity index (χ1n) is 7.66.